The summed E-state index contributed by atoms with van der Waals surface area (Å²) in [5.74, 6) is 0.987. The van der Waals surface area contributed by atoms with Crippen molar-refractivity contribution < 1.29 is 9.47 Å². The second-order valence-electron chi connectivity index (χ2n) is 7.65. The van der Waals surface area contributed by atoms with E-state index in [4.69, 9.17) is 9.47 Å². The third-order valence-corrected chi connectivity index (χ3v) is 6.71. The lowest BCUT2D eigenvalue weighted by molar-refractivity contribution is 0.0358. The van der Waals surface area contributed by atoms with Crippen molar-refractivity contribution in [2.45, 2.75) is 19.3 Å². The van der Waals surface area contributed by atoms with E-state index in [1.807, 2.05) is 6.20 Å². The number of aromatic nitrogens is 1. The normalized spacial score (nSPS) is 19.6. The lowest BCUT2D eigenvalue weighted by Gasteiger charge is -2.26. The number of nitrogens with zero attached hydrogens (tertiary/aromatic N) is 3. The quantitative estimate of drug-likeness (QED) is 0.693. The smallest absolute Gasteiger partial charge is 0.121 e. The highest BCUT2D eigenvalue weighted by atomic mass is 32.1. The molecule has 1 aromatic heterocycles. The second kappa shape index (κ2) is 8.23. The molecule has 0 radical (unpaired) electrons. The van der Waals surface area contributed by atoms with Crippen molar-refractivity contribution in [1.82, 2.24) is 14.8 Å². The Hall–Kier alpha value is -1.89. The fraction of sp³-hybridized carbons (Fsp3) is 0.500. The van der Waals surface area contributed by atoms with Gasteiger partial charge in [-0.2, -0.15) is 0 Å². The molecule has 6 heteroatoms. The molecule has 0 aliphatic carbocycles. The van der Waals surface area contributed by atoms with Crippen molar-refractivity contribution in [2.75, 3.05) is 52.5 Å². The van der Waals surface area contributed by atoms with Gasteiger partial charge in [0.15, 0.2) is 0 Å². The van der Waals surface area contributed by atoms with Crippen LogP contribution in [0, 0.1) is 0 Å². The van der Waals surface area contributed by atoms with Gasteiger partial charge >= 0.3 is 0 Å². The molecule has 0 amide bonds. The molecule has 0 atom stereocenters. The summed E-state index contributed by atoms with van der Waals surface area (Å²) >= 11 is 1.73. The van der Waals surface area contributed by atoms with Gasteiger partial charge < -0.3 is 14.4 Å². The van der Waals surface area contributed by atoms with E-state index in [1.54, 1.807) is 11.3 Å². The molecule has 5 nitrogen and oxygen atoms in total. The summed E-state index contributed by atoms with van der Waals surface area (Å²) in [6.07, 6.45) is 5.36. The highest BCUT2D eigenvalue weighted by Crippen LogP contribution is 2.27. The molecule has 2 aromatic rings. The van der Waals surface area contributed by atoms with Crippen LogP contribution in [0.1, 0.15) is 24.3 Å². The Morgan fingerprint density at radius 3 is 2.93 bits per heavy atom. The molecule has 0 N–H and O–H groups in total. The summed E-state index contributed by atoms with van der Waals surface area (Å²) in [5, 5.41) is 5.90. The Morgan fingerprint density at radius 2 is 2.07 bits per heavy atom. The fourth-order valence-corrected chi connectivity index (χ4v) is 5.15. The average molecular weight is 398 g/mol. The van der Waals surface area contributed by atoms with E-state index < -0.39 is 0 Å². The maximum atomic E-state index is 6.13. The van der Waals surface area contributed by atoms with Crippen LogP contribution in [-0.2, 0) is 4.74 Å². The van der Waals surface area contributed by atoms with Crippen molar-refractivity contribution in [3.8, 4) is 5.75 Å². The number of morpholine rings is 1. The molecular weight excluding hydrogens is 370 g/mol. The number of hydrogen-bond donors (Lipinski definition) is 0. The van der Waals surface area contributed by atoms with Gasteiger partial charge in [0, 0.05) is 60.8 Å². The van der Waals surface area contributed by atoms with Gasteiger partial charge in [-0.1, -0.05) is 6.07 Å². The van der Waals surface area contributed by atoms with Crippen LogP contribution in [0.15, 0.2) is 29.8 Å². The van der Waals surface area contributed by atoms with Crippen molar-refractivity contribution in [1.29, 1.82) is 0 Å². The molecule has 2 fully saturated rings. The summed E-state index contributed by atoms with van der Waals surface area (Å²) in [4.78, 5) is 9.57. The largest absolute Gasteiger partial charge is 0.494 e. The molecule has 4 heterocycles. The first kappa shape index (κ1) is 18.2. The van der Waals surface area contributed by atoms with E-state index in [0.29, 0.717) is 0 Å². The molecule has 0 spiro atoms. The first-order valence-electron chi connectivity index (χ1n) is 10.3. The molecule has 2 saturated heterocycles. The van der Waals surface area contributed by atoms with Crippen LogP contribution in [0.25, 0.3) is 11.3 Å². The molecule has 0 unspecified atom stereocenters. The Morgan fingerprint density at radius 1 is 1.14 bits per heavy atom. The van der Waals surface area contributed by atoms with E-state index in [9.17, 15) is 0 Å². The molecule has 28 heavy (non-hydrogen) atoms. The van der Waals surface area contributed by atoms with E-state index in [1.165, 1.54) is 34.5 Å². The van der Waals surface area contributed by atoms with Gasteiger partial charge in [-0.3, -0.25) is 4.90 Å². The predicted molar refractivity (Wildman–Crippen MR) is 112 cm³/mol. The third kappa shape index (κ3) is 3.69. The van der Waals surface area contributed by atoms with Crippen LogP contribution < -0.4 is 15.2 Å². The van der Waals surface area contributed by atoms with Crippen molar-refractivity contribution in [3.05, 3.63) is 45.2 Å². The lowest BCUT2D eigenvalue weighted by atomic mass is 10.0. The van der Waals surface area contributed by atoms with E-state index in [0.717, 1.165) is 69.7 Å². The maximum absolute atomic E-state index is 6.13. The Bertz CT molecular complexity index is 935. The van der Waals surface area contributed by atoms with Crippen LogP contribution in [-0.4, -0.2) is 67.3 Å². The van der Waals surface area contributed by atoms with Crippen LogP contribution in [0.3, 0.4) is 0 Å². The number of hydrogen-bond acceptors (Lipinski definition) is 6. The van der Waals surface area contributed by atoms with E-state index in [-0.39, 0.29) is 0 Å². The second-order valence-corrected chi connectivity index (χ2v) is 8.55. The van der Waals surface area contributed by atoms with Crippen molar-refractivity contribution >= 4 is 22.6 Å². The monoisotopic (exact) mass is 397 g/mol. The summed E-state index contributed by atoms with van der Waals surface area (Å²) in [7, 11) is 0. The van der Waals surface area contributed by atoms with Gasteiger partial charge in [0.1, 0.15) is 10.8 Å². The molecule has 1 aromatic carbocycles. The SMILES string of the molecule is c1csc(C2=c3ccc(OCCCN4CCOCC4)cc3=C3CCCN3C2)n1. The van der Waals surface area contributed by atoms with Gasteiger partial charge in [0.25, 0.3) is 0 Å². The number of fused-ring (bicyclic) bond motifs is 2. The summed E-state index contributed by atoms with van der Waals surface area (Å²) < 4.78 is 11.5. The topological polar surface area (TPSA) is 37.8 Å². The van der Waals surface area contributed by atoms with Gasteiger partial charge in [0.2, 0.25) is 0 Å². The highest BCUT2D eigenvalue weighted by Gasteiger charge is 2.24. The average Bonchev–Trinajstić information content (AvgIpc) is 3.43. The van der Waals surface area contributed by atoms with Crippen LogP contribution in [0.2, 0.25) is 0 Å². The standard InChI is InChI=1S/C22H27N3O2S/c1-3-21-19-15-17(27-11-2-7-24-9-12-26-13-10-24)4-5-18(19)20(16-25(21)8-1)22-23-6-14-28-22/h4-6,14-15H,1-3,7-13,16H2. The minimum absolute atomic E-state index is 0.762. The predicted octanol–water partition coefficient (Wildman–Crippen LogP) is 1.66. The molecule has 0 bridgehead atoms. The summed E-state index contributed by atoms with van der Waals surface area (Å²) in [5.41, 5.74) is 2.84. The molecule has 5 rings (SSSR count). The van der Waals surface area contributed by atoms with Gasteiger partial charge in [-0.25, -0.2) is 4.98 Å². The minimum Gasteiger partial charge on any atom is -0.494 e. The fourth-order valence-electron chi connectivity index (χ4n) is 4.46. The Kier molecular flexibility index (Phi) is 5.34. The maximum Gasteiger partial charge on any atom is 0.121 e. The van der Waals surface area contributed by atoms with Crippen LogP contribution in [0.5, 0.6) is 5.75 Å². The Balaban J connectivity index is 1.35. The number of benzene rings is 1. The van der Waals surface area contributed by atoms with E-state index >= 15 is 0 Å². The number of ether oxygens (including phenoxy) is 2. The highest BCUT2D eigenvalue weighted by molar-refractivity contribution is 7.10. The van der Waals surface area contributed by atoms with Crippen LogP contribution in [0.4, 0.5) is 0 Å². The lowest BCUT2D eigenvalue weighted by Crippen LogP contribution is -2.41. The Labute approximate surface area is 169 Å². The first-order chi connectivity index (χ1) is 13.9. The van der Waals surface area contributed by atoms with Gasteiger partial charge in [-0.15, -0.1) is 11.3 Å². The zero-order chi connectivity index (χ0) is 18.8. The molecule has 3 aliphatic rings. The molecule has 3 aliphatic heterocycles. The zero-order valence-corrected chi connectivity index (χ0v) is 17.0. The van der Waals surface area contributed by atoms with Crippen LogP contribution >= 0.6 is 11.3 Å². The third-order valence-electron chi connectivity index (χ3n) is 5.88. The van der Waals surface area contributed by atoms with Crippen molar-refractivity contribution in [2.24, 2.45) is 0 Å². The van der Waals surface area contributed by atoms with Crippen molar-refractivity contribution in [3.63, 3.8) is 0 Å². The molecule has 148 valence electrons. The van der Waals surface area contributed by atoms with E-state index in [2.05, 4.69) is 38.4 Å². The zero-order valence-electron chi connectivity index (χ0n) is 16.2. The van der Waals surface area contributed by atoms with Gasteiger partial charge in [0.05, 0.1) is 19.8 Å². The number of rotatable bonds is 6. The number of thiazole rings is 1. The summed E-state index contributed by atoms with van der Waals surface area (Å²) in [6.45, 7) is 7.78. The molecular formula is C22H27N3O2S. The first-order valence-corrected chi connectivity index (χ1v) is 11.2. The molecule has 0 saturated carbocycles. The summed E-state index contributed by atoms with van der Waals surface area (Å²) in [6, 6.07) is 6.63. The van der Waals surface area contributed by atoms with Gasteiger partial charge in [-0.05, 0) is 36.6 Å². The minimum atomic E-state index is 0.762.